The molecule has 1 aromatic heterocycles. The Kier molecular flexibility index (Phi) is 3.67. The van der Waals surface area contributed by atoms with Crippen molar-refractivity contribution in [2.45, 2.75) is 18.9 Å². The van der Waals surface area contributed by atoms with E-state index in [-0.39, 0.29) is 11.3 Å². The van der Waals surface area contributed by atoms with E-state index in [0.717, 1.165) is 6.07 Å². The molecule has 0 amide bonds. The zero-order valence-electron chi connectivity index (χ0n) is 10.6. The van der Waals surface area contributed by atoms with Gasteiger partial charge in [0.1, 0.15) is 11.4 Å². The van der Waals surface area contributed by atoms with Crippen LogP contribution in [0.2, 0.25) is 0 Å². The first-order valence-electron chi connectivity index (χ1n) is 5.78. The minimum Gasteiger partial charge on any atom is -0.406 e. The molecule has 0 aliphatic rings. The van der Waals surface area contributed by atoms with Crippen molar-refractivity contribution >= 4 is 0 Å². The first-order chi connectivity index (χ1) is 9.29. The summed E-state index contributed by atoms with van der Waals surface area (Å²) in [6.45, 7) is 1.48. The van der Waals surface area contributed by atoms with Gasteiger partial charge in [-0.05, 0) is 30.7 Å². The van der Waals surface area contributed by atoms with Crippen molar-refractivity contribution in [3.63, 3.8) is 0 Å². The zero-order valence-corrected chi connectivity index (χ0v) is 10.6. The number of hydrogen-bond acceptors (Lipinski definition) is 3. The van der Waals surface area contributed by atoms with E-state index in [4.69, 9.17) is 0 Å². The fraction of sp³-hybridized carbons (Fsp3) is 0.214. The molecule has 1 atom stereocenters. The number of aliphatic hydroxyl groups is 1. The molecule has 6 heteroatoms. The molecule has 1 aromatic carbocycles. The van der Waals surface area contributed by atoms with E-state index >= 15 is 0 Å². The lowest BCUT2D eigenvalue weighted by Gasteiger charge is -2.24. The fourth-order valence-electron chi connectivity index (χ4n) is 1.81. The summed E-state index contributed by atoms with van der Waals surface area (Å²) in [6.07, 6.45) is -1.77. The van der Waals surface area contributed by atoms with E-state index < -0.39 is 12.0 Å². The van der Waals surface area contributed by atoms with Gasteiger partial charge in [-0.1, -0.05) is 18.2 Å². The van der Waals surface area contributed by atoms with E-state index in [9.17, 15) is 18.3 Å². The molecular weight excluding hydrogens is 271 g/mol. The van der Waals surface area contributed by atoms with Crippen LogP contribution in [-0.4, -0.2) is 16.5 Å². The van der Waals surface area contributed by atoms with E-state index in [0.29, 0.717) is 5.56 Å². The normalized spacial score (nSPS) is 14.7. The predicted molar refractivity (Wildman–Crippen MR) is 66.0 cm³/mol. The van der Waals surface area contributed by atoms with E-state index in [1.165, 1.54) is 31.3 Å². The quantitative estimate of drug-likeness (QED) is 0.940. The average Bonchev–Trinajstić information content (AvgIpc) is 2.38. The Morgan fingerprint density at radius 2 is 1.80 bits per heavy atom. The second-order valence-electron chi connectivity index (χ2n) is 4.39. The number of nitrogens with zero attached hydrogens (tertiary/aromatic N) is 1. The Hall–Kier alpha value is -2.08. The van der Waals surface area contributed by atoms with Gasteiger partial charge in [-0.25, -0.2) is 0 Å². The highest BCUT2D eigenvalue weighted by Crippen LogP contribution is 2.32. The molecule has 0 radical (unpaired) electrons. The molecule has 3 nitrogen and oxygen atoms in total. The number of rotatable bonds is 3. The molecule has 1 N–H and O–H groups in total. The molecular formula is C14H12F3NO2. The third-order valence-corrected chi connectivity index (χ3v) is 2.85. The fourth-order valence-corrected chi connectivity index (χ4v) is 1.81. The van der Waals surface area contributed by atoms with E-state index in [1.807, 2.05) is 0 Å². The van der Waals surface area contributed by atoms with E-state index in [2.05, 4.69) is 9.72 Å². The van der Waals surface area contributed by atoms with Gasteiger partial charge in [-0.3, -0.25) is 4.98 Å². The monoisotopic (exact) mass is 283 g/mol. The average molecular weight is 283 g/mol. The summed E-state index contributed by atoms with van der Waals surface area (Å²) >= 11 is 0. The summed E-state index contributed by atoms with van der Waals surface area (Å²) in [4.78, 5) is 3.89. The van der Waals surface area contributed by atoms with Crippen molar-refractivity contribution in [2.75, 3.05) is 0 Å². The summed E-state index contributed by atoms with van der Waals surface area (Å²) < 4.78 is 40.4. The number of halogens is 3. The van der Waals surface area contributed by atoms with Gasteiger partial charge in [0.25, 0.3) is 0 Å². The Labute approximate surface area is 113 Å². The van der Waals surface area contributed by atoms with Crippen LogP contribution in [0.25, 0.3) is 0 Å². The molecule has 0 bridgehead atoms. The molecule has 1 heterocycles. The van der Waals surface area contributed by atoms with Crippen LogP contribution in [0.1, 0.15) is 18.1 Å². The molecule has 0 saturated heterocycles. The summed E-state index contributed by atoms with van der Waals surface area (Å²) in [5.41, 5.74) is -0.699. The predicted octanol–water partition coefficient (Wildman–Crippen LogP) is 3.24. The summed E-state index contributed by atoms with van der Waals surface area (Å²) in [5, 5.41) is 10.5. The van der Waals surface area contributed by atoms with Crippen LogP contribution >= 0.6 is 0 Å². The highest BCUT2D eigenvalue weighted by molar-refractivity contribution is 5.38. The third-order valence-electron chi connectivity index (χ3n) is 2.85. The Balaban J connectivity index is 2.35. The first kappa shape index (κ1) is 14.3. The molecule has 2 aromatic rings. The number of alkyl halides is 3. The Morgan fingerprint density at radius 3 is 2.40 bits per heavy atom. The third kappa shape index (κ3) is 3.27. The standard InChI is InChI=1S/C14H12F3NO2/c1-13(19,11-5-3-7-18-9-11)10-4-2-6-12(8-10)20-14(15,16)17/h2-9,19H,1H3. The van der Waals surface area contributed by atoms with Crippen molar-refractivity contribution in [1.29, 1.82) is 0 Å². The molecule has 0 aliphatic heterocycles. The van der Waals surface area contributed by atoms with Crippen molar-refractivity contribution in [3.05, 3.63) is 59.9 Å². The number of hydrogen-bond donors (Lipinski definition) is 1. The number of pyridine rings is 1. The maximum absolute atomic E-state index is 12.2. The molecule has 20 heavy (non-hydrogen) atoms. The second-order valence-corrected chi connectivity index (χ2v) is 4.39. The summed E-state index contributed by atoms with van der Waals surface area (Å²) in [5.74, 6) is -0.376. The largest absolute Gasteiger partial charge is 0.573 e. The van der Waals surface area contributed by atoms with Gasteiger partial charge in [-0.15, -0.1) is 13.2 Å². The van der Waals surface area contributed by atoms with Gasteiger partial charge in [0.15, 0.2) is 0 Å². The Morgan fingerprint density at radius 1 is 1.10 bits per heavy atom. The zero-order chi connectivity index (χ0) is 14.8. The van der Waals surface area contributed by atoms with Gasteiger partial charge >= 0.3 is 6.36 Å². The number of aromatic nitrogens is 1. The number of ether oxygens (including phenoxy) is 1. The molecule has 1 unspecified atom stereocenters. The Bertz CT molecular complexity index is 582. The van der Waals surface area contributed by atoms with Crippen molar-refractivity contribution in [1.82, 2.24) is 4.98 Å². The van der Waals surface area contributed by atoms with Gasteiger partial charge in [0.05, 0.1) is 0 Å². The van der Waals surface area contributed by atoms with Crippen molar-refractivity contribution in [2.24, 2.45) is 0 Å². The van der Waals surface area contributed by atoms with Crippen LogP contribution in [0.15, 0.2) is 48.8 Å². The lowest BCUT2D eigenvalue weighted by Crippen LogP contribution is -2.23. The minimum absolute atomic E-state index is 0.284. The van der Waals surface area contributed by atoms with Crippen LogP contribution in [0.4, 0.5) is 13.2 Å². The topological polar surface area (TPSA) is 42.4 Å². The first-order valence-corrected chi connectivity index (χ1v) is 5.78. The highest BCUT2D eigenvalue weighted by Gasteiger charge is 2.32. The maximum Gasteiger partial charge on any atom is 0.573 e. The van der Waals surface area contributed by atoms with Gasteiger partial charge in [-0.2, -0.15) is 0 Å². The maximum atomic E-state index is 12.2. The van der Waals surface area contributed by atoms with Crippen molar-refractivity contribution in [3.8, 4) is 5.75 Å². The van der Waals surface area contributed by atoms with Crippen LogP contribution < -0.4 is 4.74 Å². The minimum atomic E-state index is -4.77. The van der Waals surface area contributed by atoms with Gasteiger partial charge < -0.3 is 9.84 Å². The molecule has 2 rings (SSSR count). The van der Waals surface area contributed by atoms with Gasteiger partial charge in [0.2, 0.25) is 0 Å². The lowest BCUT2D eigenvalue weighted by atomic mass is 9.89. The molecule has 0 fully saturated rings. The number of benzene rings is 1. The summed E-state index contributed by atoms with van der Waals surface area (Å²) in [7, 11) is 0. The SMILES string of the molecule is CC(O)(c1cccnc1)c1cccc(OC(F)(F)F)c1. The van der Waals surface area contributed by atoms with Crippen LogP contribution in [0, 0.1) is 0 Å². The van der Waals surface area contributed by atoms with Crippen LogP contribution in [0.5, 0.6) is 5.75 Å². The van der Waals surface area contributed by atoms with E-state index in [1.54, 1.807) is 18.3 Å². The highest BCUT2D eigenvalue weighted by atomic mass is 19.4. The van der Waals surface area contributed by atoms with Crippen LogP contribution in [0.3, 0.4) is 0 Å². The molecule has 0 saturated carbocycles. The second kappa shape index (κ2) is 5.13. The molecule has 106 valence electrons. The smallest absolute Gasteiger partial charge is 0.406 e. The molecule has 0 spiro atoms. The van der Waals surface area contributed by atoms with Crippen LogP contribution in [-0.2, 0) is 5.60 Å². The van der Waals surface area contributed by atoms with Gasteiger partial charge in [0, 0.05) is 18.0 Å². The lowest BCUT2D eigenvalue weighted by molar-refractivity contribution is -0.274. The van der Waals surface area contributed by atoms with Crippen molar-refractivity contribution < 1.29 is 23.0 Å². The molecule has 0 aliphatic carbocycles. The summed E-state index contributed by atoms with van der Waals surface area (Å²) in [6, 6.07) is 8.53.